The molecule has 3 fully saturated rings. The number of rotatable bonds is 0. The fourth-order valence-corrected chi connectivity index (χ4v) is 6.56. The van der Waals surface area contributed by atoms with Crippen molar-refractivity contribution in [3.05, 3.63) is 11.6 Å². The van der Waals surface area contributed by atoms with Crippen LogP contribution >= 0.6 is 0 Å². The maximum absolute atomic E-state index is 12.4. The fourth-order valence-electron chi connectivity index (χ4n) is 6.56. The van der Waals surface area contributed by atoms with Gasteiger partial charge in [-0.15, -0.1) is 6.42 Å². The minimum Gasteiger partial charge on any atom is -0.299 e. The molecular weight excluding hydrogens is 284 g/mol. The van der Waals surface area contributed by atoms with Gasteiger partial charge in [0.25, 0.3) is 0 Å². The van der Waals surface area contributed by atoms with Crippen LogP contribution in [0.2, 0.25) is 0 Å². The molecule has 1 unspecified atom stereocenters. The van der Waals surface area contributed by atoms with E-state index < -0.39 is 0 Å². The number of terminal acetylenes is 1. The summed E-state index contributed by atoms with van der Waals surface area (Å²) in [5.74, 6) is 4.87. The molecule has 0 aromatic heterocycles. The molecule has 0 amide bonds. The van der Waals surface area contributed by atoms with Gasteiger partial charge in [0.05, 0.1) is 5.92 Å². The maximum Gasteiger partial charge on any atom is 0.170 e. The summed E-state index contributed by atoms with van der Waals surface area (Å²) < 4.78 is 0. The summed E-state index contributed by atoms with van der Waals surface area (Å²) >= 11 is 0. The molecule has 0 aromatic carbocycles. The topological polar surface area (TPSA) is 34.1 Å². The van der Waals surface area contributed by atoms with E-state index in [0.717, 1.165) is 44.9 Å². The van der Waals surface area contributed by atoms with E-state index in [2.05, 4.69) is 19.8 Å². The van der Waals surface area contributed by atoms with Crippen molar-refractivity contribution in [3.63, 3.8) is 0 Å². The Labute approximate surface area is 139 Å². The molecule has 0 radical (unpaired) electrons. The van der Waals surface area contributed by atoms with Crippen molar-refractivity contribution >= 4 is 11.6 Å². The molecule has 2 heteroatoms. The van der Waals surface area contributed by atoms with Crippen molar-refractivity contribution in [1.29, 1.82) is 0 Å². The lowest BCUT2D eigenvalue weighted by molar-refractivity contribution is -0.132. The lowest BCUT2D eigenvalue weighted by atomic mass is 9.47. The molecular formula is C21H26O2. The van der Waals surface area contributed by atoms with Crippen LogP contribution in [0.4, 0.5) is 0 Å². The van der Waals surface area contributed by atoms with Gasteiger partial charge in [0.2, 0.25) is 0 Å². The van der Waals surface area contributed by atoms with Crippen molar-refractivity contribution in [2.45, 2.75) is 58.8 Å². The van der Waals surface area contributed by atoms with Gasteiger partial charge < -0.3 is 0 Å². The summed E-state index contributed by atoms with van der Waals surface area (Å²) in [4.78, 5) is 24.6. The molecule has 122 valence electrons. The lowest BCUT2D eigenvalue weighted by Crippen LogP contribution is -2.51. The van der Waals surface area contributed by atoms with Crippen LogP contribution in [0.3, 0.4) is 0 Å². The monoisotopic (exact) mass is 310 g/mol. The van der Waals surface area contributed by atoms with Crippen molar-refractivity contribution in [1.82, 2.24) is 0 Å². The number of allylic oxidation sites excluding steroid dienone is 1. The van der Waals surface area contributed by atoms with Crippen molar-refractivity contribution in [2.24, 2.45) is 34.5 Å². The predicted octanol–water partition coefficient (Wildman–Crippen LogP) is 3.95. The summed E-state index contributed by atoms with van der Waals surface area (Å²) in [5.41, 5.74) is 1.33. The average molecular weight is 310 g/mol. The molecule has 3 saturated carbocycles. The predicted molar refractivity (Wildman–Crippen MR) is 89.4 cm³/mol. The molecule has 4 rings (SSSR count). The second-order valence-electron chi connectivity index (χ2n) is 8.75. The summed E-state index contributed by atoms with van der Waals surface area (Å²) in [6.45, 7) is 4.55. The van der Waals surface area contributed by atoms with Gasteiger partial charge in [0.1, 0.15) is 5.78 Å². The van der Waals surface area contributed by atoms with Gasteiger partial charge in [0.15, 0.2) is 5.78 Å². The maximum atomic E-state index is 12.4. The van der Waals surface area contributed by atoms with E-state index in [9.17, 15) is 9.59 Å². The van der Waals surface area contributed by atoms with E-state index in [1.807, 2.05) is 6.08 Å². The molecule has 0 N–H and O–H groups in total. The minimum atomic E-state index is -0.249. The standard InChI is InChI=1S/C21H26O2/c1-4-13-12-21(3)14(11-18(13)22)5-6-15-16-7-8-19(23)20(16,2)10-9-17(15)21/h1,11,13,15-17H,5-10,12H2,2-3H3/t13?,15-,16-,17-,20-,21-/m0/s1. The van der Waals surface area contributed by atoms with Crippen molar-refractivity contribution < 1.29 is 9.59 Å². The molecule has 23 heavy (non-hydrogen) atoms. The molecule has 2 nitrogen and oxygen atoms in total. The van der Waals surface area contributed by atoms with Gasteiger partial charge in [-0.1, -0.05) is 25.3 Å². The highest BCUT2D eigenvalue weighted by atomic mass is 16.1. The Morgan fingerprint density at radius 3 is 2.57 bits per heavy atom. The summed E-state index contributed by atoms with van der Waals surface area (Å²) in [6, 6.07) is 0. The number of hydrogen-bond donors (Lipinski definition) is 0. The largest absolute Gasteiger partial charge is 0.299 e. The van der Waals surface area contributed by atoms with Crippen LogP contribution in [0.1, 0.15) is 58.8 Å². The molecule has 0 spiro atoms. The molecule has 0 aromatic rings. The van der Waals surface area contributed by atoms with Crippen molar-refractivity contribution in [3.8, 4) is 12.3 Å². The second kappa shape index (κ2) is 4.82. The highest BCUT2D eigenvalue weighted by molar-refractivity contribution is 5.95. The number of Topliss-reactive ketones (excluding diaryl/α,β-unsaturated/α-hetero) is 1. The zero-order chi connectivity index (χ0) is 16.4. The number of fused-ring (bicyclic) bond motifs is 5. The first kappa shape index (κ1) is 15.2. The zero-order valence-electron chi connectivity index (χ0n) is 14.2. The van der Waals surface area contributed by atoms with E-state index in [-0.39, 0.29) is 22.5 Å². The Hall–Kier alpha value is -1.36. The molecule has 4 aliphatic rings. The Bertz CT molecular complexity index is 651. The van der Waals surface area contributed by atoms with Crippen LogP contribution in [0.15, 0.2) is 11.6 Å². The normalized spacial score (nSPS) is 48.8. The fraction of sp³-hybridized carbons (Fsp3) is 0.714. The average Bonchev–Trinajstić information content (AvgIpc) is 2.83. The molecule has 0 aliphatic heterocycles. The highest BCUT2D eigenvalue weighted by Gasteiger charge is 2.59. The van der Waals surface area contributed by atoms with Gasteiger partial charge in [-0.2, -0.15) is 0 Å². The van der Waals surface area contributed by atoms with E-state index in [1.165, 1.54) is 5.57 Å². The molecule has 0 bridgehead atoms. The highest BCUT2D eigenvalue weighted by Crippen LogP contribution is 2.64. The van der Waals surface area contributed by atoms with E-state index in [4.69, 9.17) is 6.42 Å². The molecule has 0 saturated heterocycles. The van der Waals surface area contributed by atoms with Crippen LogP contribution in [-0.4, -0.2) is 11.6 Å². The van der Waals surface area contributed by atoms with E-state index in [1.54, 1.807) is 0 Å². The van der Waals surface area contributed by atoms with Gasteiger partial charge in [-0.25, -0.2) is 0 Å². The van der Waals surface area contributed by atoms with E-state index in [0.29, 0.717) is 23.5 Å². The quantitative estimate of drug-likeness (QED) is 0.635. The van der Waals surface area contributed by atoms with Gasteiger partial charge >= 0.3 is 0 Å². The third kappa shape index (κ3) is 1.89. The Morgan fingerprint density at radius 2 is 1.83 bits per heavy atom. The zero-order valence-corrected chi connectivity index (χ0v) is 14.2. The van der Waals surface area contributed by atoms with Crippen LogP contribution in [0.5, 0.6) is 0 Å². The Balaban J connectivity index is 1.71. The summed E-state index contributed by atoms with van der Waals surface area (Å²) in [7, 11) is 0. The van der Waals surface area contributed by atoms with Crippen LogP contribution in [0.25, 0.3) is 0 Å². The van der Waals surface area contributed by atoms with Crippen LogP contribution in [0, 0.1) is 46.8 Å². The lowest BCUT2D eigenvalue weighted by Gasteiger charge is -2.57. The van der Waals surface area contributed by atoms with Gasteiger partial charge in [-0.05, 0) is 67.8 Å². The number of carbonyl (C=O) groups excluding carboxylic acids is 2. The van der Waals surface area contributed by atoms with Gasteiger partial charge in [0, 0.05) is 11.8 Å². The second-order valence-corrected chi connectivity index (χ2v) is 8.75. The number of ketones is 2. The van der Waals surface area contributed by atoms with Gasteiger partial charge in [-0.3, -0.25) is 9.59 Å². The smallest absolute Gasteiger partial charge is 0.170 e. The molecule has 0 heterocycles. The third-order valence-corrected chi connectivity index (χ3v) is 7.93. The first-order valence-corrected chi connectivity index (χ1v) is 9.14. The minimum absolute atomic E-state index is 0.0703. The molecule has 4 aliphatic carbocycles. The molecule has 6 atom stereocenters. The number of hydrogen-bond acceptors (Lipinski definition) is 2. The van der Waals surface area contributed by atoms with Crippen LogP contribution < -0.4 is 0 Å². The number of carbonyl (C=O) groups is 2. The van der Waals surface area contributed by atoms with E-state index >= 15 is 0 Å². The summed E-state index contributed by atoms with van der Waals surface area (Å²) in [6.07, 6.45) is 14.5. The van der Waals surface area contributed by atoms with Crippen molar-refractivity contribution in [2.75, 3.05) is 0 Å². The van der Waals surface area contributed by atoms with Crippen LogP contribution in [-0.2, 0) is 9.59 Å². The SMILES string of the molecule is C#CC1C[C@@]2(C)C(=CC1=O)CC[C@@H]1[C@@H]2CC[C@]2(C)C(=O)CC[C@@H]12. The Morgan fingerprint density at radius 1 is 1.09 bits per heavy atom. The Kier molecular flexibility index (Phi) is 3.18. The first-order chi connectivity index (χ1) is 10.9. The first-order valence-electron chi connectivity index (χ1n) is 9.14. The third-order valence-electron chi connectivity index (χ3n) is 7.93. The summed E-state index contributed by atoms with van der Waals surface area (Å²) in [5, 5.41) is 0.